The Balaban J connectivity index is 1.78. The molecule has 0 amide bonds. The van der Waals surface area contributed by atoms with Crippen LogP contribution in [0.25, 0.3) is 0 Å². The molecule has 0 atom stereocenters. The van der Waals surface area contributed by atoms with Gasteiger partial charge < -0.3 is 15.5 Å². The summed E-state index contributed by atoms with van der Waals surface area (Å²) in [5.41, 5.74) is 0.893. The fourth-order valence-corrected chi connectivity index (χ4v) is 2.90. The number of nitrogens with one attached hydrogen (secondary N) is 1. The van der Waals surface area contributed by atoms with Crippen molar-refractivity contribution in [2.24, 2.45) is 10.9 Å². The van der Waals surface area contributed by atoms with Gasteiger partial charge in [-0.15, -0.1) is 0 Å². The number of anilines is 1. The van der Waals surface area contributed by atoms with Crippen LogP contribution in [0.5, 0.6) is 0 Å². The Kier molecular flexibility index (Phi) is 6.36. The van der Waals surface area contributed by atoms with E-state index in [0.29, 0.717) is 0 Å². The molecule has 1 aromatic rings. The highest BCUT2D eigenvalue weighted by molar-refractivity contribution is 7.97. The molecule has 0 saturated carbocycles. The van der Waals surface area contributed by atoms with E-state index in [2.05, 4.69) is 19.6 Å². The van der Waals surface area contributed by atoms with Crippen molar-refractivity contribution < 1.29 is 0 Å². The molecule has 0 radical (unpaired) electrons. The molecule has 0 aliphatic carbocycles. The summed E-state index contributed by atoms with van der Waals surface area (Å²) >= 11 is 1.59. The van der Waals surface area contributed by atoms with Crippen LogP contribution in [0.2, 0.25) is 0 Å². The molecule has 3 N–H and O–H groups in total. The van der Waals surface area contributed by atoms with Crippen LogP contribution in [0.3, 0.4) is 0 Å². The molecule has 0 unspecified atom stereocenters. The summed E-state index contributed by atoms with van der Waals surface area (Å²) in [5.74, 6) is 5.97. The van der Waals surface area contributed by atoms with Crippen molar-refractivity contribution in [2.45, 2.75) is 0 Å². The van der Waals surface area contributed by atoms with E-state index in [-0.39, 0.29) is 5.43 Å². The zero-order valence-electron chi connectivity index (χ0n) is 11.9. The molecule has 0 aromatic heterocycles. The second-order valence-corrected chi connectivity index (χ2v) is 5.67. The van der Waals surface area contributed by atoms with Crippen molar-refractivity contribution in [1.82, 2.24) is 9.62 Å². The van der Waals surface area contributed by atoms with Crippen molar-refractivity contribution in [3.8, 4) is 0 Å². The monoisotopic (exact) mass is 307 g/mol. The highest BCUT2D eigenvalue weighted by atomic mass is 32.2. The number of rotatable bonds is 6. The number of nitrogens with zero attached hydrogens (tertiary/aromatic N) is 3. The van der Waals surface area contributed by atoms with E-state index in [1.54, 1.807) is 24.1 Å². The lowest BCUT2D eigenvalue weighted by molar-refractivity contribution is 0.273. The Morgan fingerprint density at radius 1 is 1.24 bits per heavy atom. The lowest BCUT2D eigenvalue weighted by Gasteiger charge is -2.35. The van der Waals surface area contributed by atoms with Gasteiger partial charge in [0.05, 0.1) is 5.69 Å². The maximum absolute atomic E-state index is 12.0. The van der Waals surface area contributed by atoms with Gasteiger partial charge in [-0.05, 0) is 12.1 Å². The molecule has 21 heavy (non-hydrogen) atoms. The van der Waals surface area contributed by atoms with Gasteiger partial charge in [0.2, 0.25) is 5.43 Å². The predicted octanol–water partition coefficient (Wildman–Crippen LogP) is 0.309. The fraction of sp³-hybridized carbons (Fsp3) is 0.429. The minimum atomic E-state index is 0.0919. The van der Waals surface area contributed by atoms with E-state index in [9.17, 15) is 4.79 Å². The summed E-state index contributed by atoms with van der Waals surface area (Å²) in [6, 6.07) is 9.13. The molecule has 2 rings (SSSR count). The minimum absolute atomic E-state index is 0.0919. The quantitative estimate of drug-likeness (QED) is 0.197. The van der Waals surface area contributed by atoms with Gasteiger partial charge in [0.15, 0.2) is 0 Å². The molecule has 7 heteroatoms. The summed E-state index contributed by atoms with van der Waals surface area (Å²) < 4.78 is 2.94. The highest BCUT2D eigenvalue weighted by Crippen LogP contribution is 2.11. The Morgan fingerprint density at radius 2 is 2.00 bits per heavy atom. The molecule has 1 aliphatic heterocycles. The van der Waals surface area contributed by atoms with Crippen molar-refractivity contribution in [2.75, 3.05) is 43.4 Å². The summed E-state index contributed by atoms with van der Waals surface area (Å²) in [4.78, 5) is 16.6. The van der Waals surface area contributed by atoms with Gasteiger partial charge in [-0.25, -0.2) is 0 Å². The molecule has 1 aliphatic rings. The molecule has 6 nitrogen and oxygen atoms in total. The van der Waals surface area contributed by atoms with Crippen LogP contribution in [0.1, 0.15) is 0 Å². The van der Waals surface area contributed by atoms with Crippen molar-refractivity contribution in [3.05, 3.63) is 40.6 Å². The third kappa shape index (κ3) is 4.95. The van der Waals surface area contributed by atoms with Gasteiger partial charge in [0.1, 0.15) is 6.34 Å². The number of nitrogens with two attached hydrogens (primary N) is 1. The third-order valence-corrected chi connectivity index (χ3v) is 4.07. The molecular weight excluding hydrogens is 286 g/mol. The van der Waals surface area contributed by atoms with Crippen molar-refractivity contribution in [3.63, 3.8) is 0 Å². The van der Waals surface area contributed by atoms with Crippen molar-refractivity contribution in [1.29, 1.82) is 0 Å². The number of hydrazone groups is 1. The lowest BCUT2D eigenvalue weighted by Crippen LogP contribution is -2.48. The highest BCUT2D eigenvalue weighted by Gasteiger charge is 2.17. The van der Waals surface area contributed by atoms with Crippen molar-refractivity contribution >= 4 is 24.0 Å². The van der Waals surface area contributed by atoms with Gasteiger partial charge in [-0.2, -0.15) is 5.10 Å². The smallest absolute Gasteiger partial charge is 0.201 e. The third-order valence-electron chi connectivity index (χ3n) is 3.41. The molecule has 0 bridgehead atoms. The number of hydrogen-bond donors (Lipinski definition) is 2. The molecule has 1 aromatic carbocycles. The van der Waals surface area contributed by atoms with Gasteiger partial charge in [-0.3, -0.25) is 9.69 Å². The Labute approximate surface area is 129 Å². The lowest BCUT2D eigenvalue weighted by atomic mass is 10.2. The molecule has 1 saturated heterocycles. The van der Waals surface area contributed by atoms with Crippen LogP contribution in [0.4, 0.5) is 5.69 Å². The summed E-state index contributed by atoms with van der Waals surface area (Å²) in [7, 11) is 0. The second kappa shape index (κ2) is 8.53. The SMILES string of the molecule is N/N=C/NSCCN1CCN(c2cccccc2=O)CC1. The first-order chi connectivity index (χ1) is 10.3. The summed E-state index contributed by atoms with van der Waals surface area (Å²) in [6.45, 7) is 4.74. The fourth-order valence-electron chi connectivity index (χ4n) is 2.30. The van der Waals surface area contributed by atoms with E-state index in [1.165, 1.54) is 6.34 Å². The van der Waals surface area contributed by atoms with Crippen LogP contribution in [0.15, 0.2) is 40.2 Å². The van der Waals surface area contributed by atoms with Gasteiger partial charge in [-0.1, -0.05) is 30.1 Å². The maximum Gasteiger partial charge on any atom is 0.201 e. The van der Waals surface area contributed by atoms with Crippen LogP contribution in [-0.2, 0) is 0 Å². The first kappa shape index (κ1) is 15.7. The largest absolute Gasteiger partial charge is 0.366 e. The van der Waals surface area contributed by atoms with Crippen LogP contribution in [0, 0.1) is 0 Å². The first-order valence-corrected chi connectivity index (χ1v) is 7.95. The topological polar surface area (TPSA) is 74.0 Å². The molecular formula is C14H21N5OS. The molecule has 114 valence electrons. The van der Waals surface area contributed by atoms with Crippen LogP contribution < -0.4 is 20.9 Å². The summed E-state index contributed by atoms with van der Waals surface area (Å²) in [6.07, 6.45) is 1.48. The van der Waals surface area contributed by atoms with E-state index >= 15 is 0 Å². The first-order valence-electron chi connectivity index (χ1n) is 6.97. The van der Waals surface area contributed by atoms with E-state index in [1.807, 2.05) is 18.2 Å². The number of piperazine rings is 1. The molecule has 0 spiro atoms. The van der Waals surface area contributed by atoms with Crippen LogP contribution >= 0.6 is 11.9 Å². The average molecular weight is 307 g/mol. The Hall–Kier alpha value is -1.73. The Bertz CT molecular complexity index is 517. The van der Waals surface area contributed by atoms with E-state index in [4.69, 9.17) is 5.84 Å². The van der Waals surface area contributed by atoms with Gasteiger partial charge in [0.25, 0.3) is 0 Å². The average Bonchev–Trinajstić information content (AvgIpc) is 2.72. The standard InChI is InChI=1S/C14H21N5OS/c15-16-12-17-21-11-10-18-6-8-19(9-7-18)13-4-2-1-3-5-14(13)20/h1-5,12H,6-11,15H2,(H,16,17). The predicted molar refractivity (Wildman–Crippen MR) is 89.6 cm³/mol. The normalized spacial score (nSPS) is 16.3. The Morgan fingerprint density at radius 3 is 2.76 bits per heavy atom. The molecule has 1 heterocycles. The van der Waals surface area contributed by atoms with Crippen LogP contribution in [-0.4, -0.2) is 49.7 Å². The minimum Gasteiger partial charge on any atom is -0.366 e. The van der Waals surface area contributed by atoms with Gasteiger partial charge >= 0.3 is 0 Å². The maximum atomic E-state index is 12.0. The summed E-state index contributed by atoms with van der Waals surface area (Å²) in [5, 5.41) is 3.37. The van der Waals surface area contributed by atoms with E-state index < -0.39 is 0 Å². The second-order valence-electron chi connectivity index (χ2n) is 4.73. The molecule has 1 fully saturated rings. The zero-order chi connectivity index (χ0) is 14.9. The van der Waals surface area contributed by atoms with E-state index in [0.717, 1.165) is 44.2 Å². The zero-order valence-corrected chi connectivity index (χ0v) is 12.8. The van der Waals surface area contributed by atoms with Gasteiger partial charge in [0, 0.05) is 38.5 Å². The number of hydrogen-bond acceptors (Lipinski definition) is 6.